The number of carbonyl (C=O) groups is 1. The first-order chi connectivity index (χ1) is 14.5. The molecule has 0 aliphatic carbocycles. The molecule has 1 atom stereocenters. The molecule has 2 aliphatic rings. The van der Waals surface area contributed by atoms with Gasteiger partial charge in [-0.05, 0) is 31.0 Å². The third-order valence-corrected chi connectivity index (χ3v) is 8.01. The smallest absolute Gasteiger partial charge is 0.244 e. The van der Waals surface area contributed by atoms with E-state index in [0.29, 0.717) is 25.6 Å². The molecule has 0 bridgehead atoms. The molecule has 0 spiro atoms. The summed E-state index contributed by atoms with van der Waals surface area (Å²) in [7, 11) is -3.67. The number of anilines is 1. The average Bonchev–Trinajstić information content (AvgIpc) is 2.79. The molecular formula is C20H24ClN5O3S. The van der Waals surface area contributed by atoms with Gasteiger partial charge in [0.05, 0.1) is 10.9 Å². The molecule has 1 amide bonds. The second-order valence-corrected chi connectivity index (χ2v) is 9.81. The van der Waals surface area contributed by atoms with Crippen molar-refractivity contribution >= 4 is 33.5 Å². The van der Waals surface area contributed by atoms with Crippen LogP contribution >= 0.6 is 11.6 Å². The van der Waals surface area contributed by atoms with Crippen LogP contribution < -0.4 is 4.90 Å². The third-order valence-electron chi connectivity index (χ3n) is 5.61. The molecule has 0 N–H and O–H groups in total. The Morgan fingerprint density at radius 1 is 1.00 bits per heavy atom. The van der Waals surface area contributed by atoms with Gasteiger partial charge >= 0.3 is 0 Å². The van der Waals surface area contributed by atoms with Crippen molar-refractivity contribution in [3.05, 3.63) is 47.7 Å². The summed E-state index contributed by atoms with van der Waals surface area (Å²) in [5.41, 5.74) is 0. The Morgan fingerprint density at radius 3 is 2.40 bits per heavy atom. The Labute approximate surface area is 181 Å². The van der Waals surface area contributed by atoms with E-state index in [-0.39, 0.29) is 34.8 Å². The molecule has 3 heterocycles. The largest absolute Gasteiger partial charge is 0.340 e. The molecule has 2 aliphatic heterocycles. The number of rotatable bonds is 4. The van der Waals surface area contributed by atoms with E-state index in [1.807, 2.05) is 4.90 Å². The monoisotopic (exact) mass is 449 g/mol. The summed E-state index contributed by atoms with van der Waals surface area (Å²) in [5.74, 6) is 0.588. The van der Waals surface area contributed by atoms with Crippen LogP contribution in [0, 0.1) is 5.92 Å². The van der Waals surface area contributed by atoms with Crippen molar-refractivity contribution in [2.75, 3.05) is 44.2 Å². The average molecular weight is 450 g/mol. The Morgan fingerprint density at radius 2 is 1.70 bits per heavy atom. The van der Waals surface area contributed by atoms with Crippen LogP contribution in [0.4, 0.5) is 5.95 Å². The van der Waals surface area contributed by atoms with Crippen LogP contribution in [0.25, 0.3) is 0 Å². The van der Waals surface area contributed by atoms with E-state index in [2.05, 4.69) is 9.97 Å². The van der Waals surface area contributed by atoms with Crippen LogP contribution in [-0.2, 0) is 14.8 Å². The van der Waals surface area contributed by atoms with Crippen LogP contribution in [-0.4, -0.2) is 72.8 Å². The van der Waals surface area contributed by atoms with Crippen molar-refractivity contribution in [3.8, 4) is 0 Å². The van der Waals surface area contributed by atoms with E-state index in [9.17, 15) is 13.2 Å². The lowest BCUT2D eigenvalue weighted by atomic mass is 9.96. The Bertz CT molecular complexity index is 997. The number of halogens is 1. The van der Waals surface area contributed by atoms with Gasteiger partial charge in [0.2, 0.25) is 21.9 Å². The van der Waals surface area contributed by atoms with Gasteiger partial charge in [0.1, 0.15) is 4.90 Å². The molecule has 0 saturated carbocycles. The van der Waals surface area contributed by atoms with Crippen molar-refractivity contribution in [3.63, 3.8) is 0 Å². The van der Waals surface area contributed by atoms with E-state index in [0.717, 1.165) is 19.4 Å². The molecule has 160 valence electrons. The first kappa shape index (κ1) is 21.0. The quantitative estimate of drug-likeness (QED) is 0.708. The number of hydrogen-bond donors (Lipinski definition) is 0. The highest BCUT2D eigenvalue weighted by atomic mass is 35.5. The lowest BCUT2D eigenvalue weighted by Gasteiger charge is -2.38. The fraction of sp³-hybridized carbons (Fsp3) is 0.450. The van der Waals surface area contributed by atoms with E-state index >= 15 is 0 Å². The fourth-order valence-electron chi connectivity index (χ4n) is 4.01. The summed E-state index contributed by atoms with van der Waals surface area (Å²) in [6.45, 7) is 2.69. The number of aromatic nitrogens is 2. The normalized spacial score (nSPS) is 20.9. The van der Waals surface area contributed by atoms with Crippen LogP contribution in [0.5, 0.6) is 0 Å². The molecule has 4 rings (SSSR count). The zero-order valence-electron chi connectivity index (χ0n) is 16.5. The van der Waals surface area contributed by atoms with Gasteiger partial charge in [0.25, 0.3) is 0 Å². The minimum Gasteiger partial charge on any atom is -0.340 e. The molecule has 30 heavy (non-hydrogen) atoms. The standard InChI is InChI=1S/C20H24ClN5O3S/c21-17-6-1-2-7-18(17)30(28,29)26-13-11-24(12-14-26)19(27)16-5-3-10-25(15-16)20-22-8-4-9-23-20/h1-2,4,6-9,16H,3,5,10-15H2. The molecule has 1 unspecified atom stereocenters. The van der Waals surface area contributed by atoms with Crippen molar-refractivity contribution in [2.24, 2.45) is 5.92 Å². The topological polar surface area (TPSA) is 86.7 Å². The number of amides is 1. The van der Waals surface area contributed by atoms with Gasteiger partial charge in [-0.1, -0.05) is 23.7 Å². The molecule has 10 heteroatoms. The molecule has 2 fully saturated rings. The van der Waals surface area contributed by atoms with Gasteiger partial charge in [-0.3, -0.25) is 4.79 Å². The van der Waals surface area contributed by atoms with Crippen LogP contribution in [0.3, 0.4) is 0 Å². The number of nitrogens with zero attached hydrogens (tertiary/aromatic N) is 5. The fourth-order valence-corrected chi connectivity index (χ4v) is 5.93. The molecule has 1 aromatic heterocycles. The summed E-state index contributed by atoms with van der Waals surface area (Å²) in [5, 5.41) is 0.210. The minimum atomic E-state index is -3.67. The van der Waals surface area contributed by atoms with Crippen molar-refractivity contribution < 1.29 is 13.2 Å². The molecular weight excluding hydrogens is 426 g/mol. The van der Waals surface area contributed by atoms with E-state index < -0.39 is 10.0 Å². The number of benzene rings is 1. The van der Waals surface area contributed by atoms with Crippen LogP contribution in [0.2, 0.25) is 5.02 Å². The zero-order valence-corrected chi connectivity index (χ0v) is 18.1. The van der Waals surface area contributed by atoms with Crippen molar-refractivity contribution in [1.29, 1.82) is 0 Å². The SMILES string of the molecule is O=C(C1CCCN(c2ncccn2)C1)N1CCN(S(=O)(=O)c2ccccc2Cl)CC1. The van der Waals surface area contributed by atoms with Gasteiger partial charge in [-0.15, -0.1) is 0 Å². The Balaban J connectivity index is 1.38. The van der Waals surface area contributed by atoms with E-state index in [1.165, 1.54) is 10.4 Å². The van der Waals surface area contributed by atoms with Gasteiger partial charge in [-0.2, -0.15) is 4.31 Å². The first-order valence-electron chi connectivity index (χ1n) is 10.0. The van der Waals surface area contributed by atoms with Gasteiger partial charge in [0, 0.05) is 51.7 Å². The highest BCUT2D eigenvalue weighted by Crippen LogP contribution is 2.26. The minimum absolute atomic E-state index is 0.0745. The summed E-state index contributed by atoms with van der Waals surface area (Å²) in [6, 6.07) is 8.21. The third kappa shape index (κ3) is 4.28. The van der Waals surface area contributed by atoms with Gasteiger partial charge in [0.15, 0.2) is 0 Å². The number of piperazine rings is 1. The van der Waals surface area contributed by atoms with Gasteiger partial charge in [-0.25, -0.2) is 18.4 Å². The second-order valence-electron chi connectivity index (χ2n) is 7.49. The summed E-state index contributed by atoms with van der Waals surface area (Å²) >= 11 is 6.09. The molecule has 2 saturated heterocycles. The van der Waals surface area contributed by atoms with Crippen molar-refractivity contribution in [1.82, 2.24) is 19.2 Å². The maximum Gasteiger partial charge on any atom is 0.244 e. The summed E-state index contributed by atoms with van der Waals surface area (Å²) < 4.78 is 27.2. The molecule has 0 radical (unpaired) electrons. The molecule has 8 nitrogen and oxygen atoms in total. The Kier molecular flexibility index (Phi) is 6.21. The number of carbonyl (C=O) groups excluding carboxylic acids is 1. The second kappa shape index (κ2) is 8.87. The van der Waals surface area contributed by atoms with Crippen molar-refractivity contribution in [2.45, 2.75) is 17.7 Å². The number of hydrogen-bond acceptors (Lipinski definition) is 6. The summed E-state index contributed by atoms with van der Waals surface area (Å²) in [4.78, 5) is 25.6. The van der Waals surface area contributed by atoms with Gasteiger partial charge < -0.3 is 9.80 Å². The maximum absolute atomic E-state index is 13.1. The maximum atomic E-state index is 13.1. The highest BCUT2D eigenvalue weighted by Gasteiger charge is 2.35. The molecule has 1 aromatic carbocycles. The van der Waals surface area contributed by atoms with E-state index in [4.69, 9.17) is 11.6 Å². The number of piperidine rings is 1. The molecule has 2 aromatic rings. The lowest BCUT2D eigenvalue weighted by molar-refractivity contribution is -0.137. The Hall–Kier alpha value is -2.23. The van der Waals surface area contributed by atoms with Crippen LogP contribution in [0.15, 0.2) is 47.6 Å². The first-order valence-corrected chi connectivity index (χ1v) is 11.8. The predicted octanol–water partition coefficient (Wildman–Crippen LogP) is 1.88. The van der Waals surface area contributed by atoms with Crippen LogP contribution in [0.1, 0.15) is 12.8 Å². The highest BCUT2D eigenvalue weighted by molar-refractivity contribution is 7.89. The van der Waals surface area contributed by atoms with E-state index in [1.54, 1.807) is 41.6 Å². The lowest BCUT2D eigenvalue weighted by Crippen LogP contribution is -2.53. The number of sulfonamides is 1. The zero-order chi connectivity index (χ0) is 21.1. The summed E-state index contributed by atoms with van der Waals surface area (Å²) in [6.07, 6.45) is 5.12. The predicted molar refractivity (Wildman–Crippen MR) is 114 cm³/mol.